The van der Waals surface area contributed by atoms with Crippen LogP contribution in [0.5, 0.6) is 5.75 Å². The highest BCUT2D eigenvalue weighted by molar-refractivity contribution is 14.0. The fourth-order valence-corrected chi connectivity index (χ4v) is 3.50. The van der Waals surface area contributed by atoms with Crippen LogP contribution in [0.25, 0.3) is 0 Å². The third-order valence-corrected chi connectivity index (χ3v) is 5.51. The molecule has 2 N–H and O–H groups in total. The Morgan fingerprint density at radius 2 is 2.12 bits per heavy atom. The summed E-state index contributed by atoms with van der Waals surface area (Å²) in [4.78, 5) is 7.09. The predicted molar refractivity (Wildman–Crippen MR) is 137 cm³/mol. The molecule has 2 heterocycles. The number of aromatic nitrogens is 3. The Hall–Kier alpha value is -1.92. The second-order valence-corrected chi connectivity index (χ2v) is 7.84. The number of methoxy groups -OCH3 is 1. The summed E-state index contributed by atoms with van der Waals surface area (Å²) in [7, 11) is 5.83. The second kappa shape index (κ2) is 13.6. The molecule has 0 saturated heterocycles. The predicted octanol–water partition coefficient (Wildman–Crippen LogP) is 2.27. The van der Waals surface area contributed by atoms with E-state index in [2.05, 4.69) is 38.8 Å². The maximum absolute atomic E-state index is 5.80. The first kappa shape index (κ1) is 26.3. The van der Waals surface area contributed by atoms with Gasteiger partial charge in [-0.1, -0.05) is 18.2 Å². The maximum Gasteiger partial charge on any atom is 0.192 e. The number of rotatable bonds is 10. The maximum atomic E-state index is 5.80. The lowest BCUT2D eigenvalue weighted by Crippen LogP contribution is -2.43. The van der Waals surface area contributed by atoms with Gasteiger partial charge in [0.1, 0.15) is 18.1 Å². The summed E-state index contributed by atoms with van der Waals surface area (Å²) in [5, 5.41) is 15.4. The molecule has 9 nitrogen and oxygen atoms in total. The number of aliphatic imine (C=N–C) groups is 1. The second-order valence-electron chi connectivity index (χ2n) is 7.84. The minimum atomic E-state index is 0. The van der Waals surface area contributed by atoms with E-state index in [0.29, 0.717) is 13.2 Å². The Balaban J connectivity index is 0.00000363. The van der Waals surface area contributed by atoms with Crippen molar-refractivity contribution < 1.29 is 9.47 Å². The van der Waals surface area contributed by atoms with E-state index in [9.17, 15) is 0 Å². The van der Waals surface area contributed by atoms with Crippen molar-refractivity contribution in [3.8, 4) is 5.75 Å². The van der Waals surface area contributed by atoms with Crippen molar-refractivity contribution in [2.75, 3.05) is 47.0 Å². The van der Waals surface area contributed by atoms with Crippen LogP contribution in [0.4, 0.5) is 0 Å². The number of ether oxygens (including phenoxy) is 2. The number of aryl methyl sites for hydroxylation is 1. The summed E-state index contributed by atoms with van der Waals surface area (Å²) in [5.41, 5.74) is 1.16. The van der Waals surface area contributed by atoms with Gasteiger partial charge in [0.15, 0.2) is 11.8 Å². The molecule has 1 aliphatic heterocycles. The standard InChI is InChI=1S/C22H35N7O2.HI/c1-17-26-27-21(29(17)3)16-24-22(23-11-13-28(2)12-7-14-30-4)25-19-10-15-31-20-9-6-5-8-18(19)20;/h5-6,8-9,19H,7,10-16H2,1-4H3,(H2,23,24,25);1H. The number of hydrogen-bond acceptors (Lipinski definition) is 6. The highest BCUT2D eigenvalue weighted by atomic mass is 127. The fraction of sp³-hybridized carbons (Fsp3) is 0.591. The molecule has 32 heavy (non-hydrogen) atoms. The molecule has 178 valence electrons. The van der Waals surface area contributed by atoms with Crippen molar-refractivity contribution in [3.63, 3.8) is 0 Å². The highest BCUT2D eigenvalue weighted by Crippen LogP contribution is 2.31. The Morgan fingerprint density at radius 3 is 2.88 bits per heavy atom. The lowest BCUT2D eigenvalue weighted by Gasteiger charge is -2.28. The first-order valence-corrected chi connectivity index (χ1v) is 10.9. The molecule has 1 aliphatic rings. The van der Waals surface area contributed by atoms with Crippen molar-refractivity contribution in [3.05, 3.63) is 41.5 Å². The third kappa shape index (κ3) is 7.59. The van der Waals surface area contributed by atoms with Crippen LogP contribution in [0.15, 0.2) is 29.3 Å². The zero-order valence-electron chi connectivity index (χ0n) is 19.5. The number of benzene rings is 1. The third-order valence-electron chi connectivity index (χ3n) is 5.51. The van der Waals surface area contributed by atoms with E-state index in [0.717, 1.165) is 68.0 Å². The summed E-state index contributed by atoms with van der Waals surface area (Å²) >= 11 is 0. The number of likely N-dealkylation sites (N-methyl/N-ethyl adjacent to an activating group) is 1. The minimum absolute atomic E-state index is 0. The summed E-state index contributed by atoms with van der Waals surface area (Å²) in [6.45, 7) is 6.58. The van der Waals surface area contributed by atoms with Gasteiger partial charge in [0, 0.05) is 52.4 Å². The van der Waals surface area contributed by atoms with Gasteiger partial charge in [-0.25, -0.2) is 4.99 Å². The fourth-order valence-electron chi connectivity index (χ4n) is 3.50. The van der Waals surface area contributed by atoms with Crippen LogP contribution >= 0.6 is 24.0 Å². The number of nitrogens with one attached hydrogen (secondary N) is 2. The van der Waals surface area contributed by atoms with E-state index >= 15 is 0 Å². The molecule has 1 atom stereocenters. The van der Waals surface area contributed by atoms with Gasteiger partial charge < -0.3 is 29.6 Å². The van der Waals surface area contributed by atoms with Crippen LogP contribution in [0.1, 0.15) is 36.1 Å². The number of guanidine groups is 1. The quantitative estimate of drug-likeness (QED) is 0.201. The molecule has 0 aliphatic carbocycles. The Bertz CT molecular complexity index is 859. The van der Waals surface area contributed by atoms with E-state index in [-0.39, 0.29) is 30.0 Å². The summed E-state index contributed by atoms with van der Waals surface area (Å²) < 4.78 is 12.9. The number of hydrogen-bond donors (Lipinski definition) is 2. The van der Waals surface area contributed by atoms with Crippen LogP contribution in [0.3, 0.4) is 0 Å². The molecular weight excluding hydrogens is 521 g/mol. The van der Waals surface area contributed by atoms with Crippen LogP contribution < -0.4 is 15.4 Å². The van der Waals surface area contributed by atoms with Crippen LogP contribution in [-0.2, 0) is 18.3 Å². The lowest BCUT2D eigenvalue weighted by molar-refractivity contribution is 0.180. The Labute approximate surface area is 208 Å². The van der Waals surface area contributed by atoms with Gasteiger partial charge in [0.2, 0.25) is 0 Å². The van der Waals surface area contributed by atoms with E-state index in [4.69, 9.17) is 14.5 Å². The lowest BCUT2D eigenvalue weighted by atomic mass is 10.0. The van der Waals surface area contributed by atoms with Gasteiger partial charge in [0.05, 0.1) is 12.6 Å². The van der Waals surface area contributed by atoms with E-state index in [1.54, 1.807) is 7.11 Å². The van der Waals surface area contributed by atoms with E-state index in [1.807, 2.05) is 36.7 Å². The SMILES string of the molecule is COCCCN(C)CCNC(=NCc1nnc(C)n1C)NC1CCOc2ccccc21.I. The van der Waals surface area contributed by atoms with Crippen molar-refractivity contribution in [1.29, 1.82) is 0 Å². The van der Waals surface area contributed by atoms with E-state index < -0.39 is 0 Å². The van der Waals surface area contributed by atoms with Crippen LogP contribution in [0.2, 0.25) is 0 Å². The topological polar surface area (TPSA) is 88.8 Å². The van der Waals surface area contributed by atoms with E-state index in [1.165, 1.54) is 0 Å². The largest absolute Gasteiger partial charge is 0.493 e. The normalized spacial score (nSPS) is 15.7. The molecule has 0 fully saturated rings. The van der Waals surface area contributed by atoms with Gasteiger partial charge in [-0.15, -0.1) is 34.2 Å². The molecule has 2 aromatic rings. The molecule has 1 unspecified atom stereocenters. The van der Waals surface area contributed by atoms with Gasteiger partial charge in [-0.2, -0.15) is 0 Å². The average molecular weight is 557 g/mol. The molecule has 0 amide bonds. The van der Waals surface area contributed by atoms with Gasteiger partial charge in [-0.3, -0.25) is 0 Å². The van der Waals surface area contributed by atoms with Crippen molar-refractivity contribution in [2.24, 2.45) is 12.0 Å². The molecule has 1 aromatic heterocycles. The minimum Gasteiger partial charge on any atom is -0.493 e. The monoisotopic (exact) mass is 557 g/mol. The summed E-state index contributed by atoms with van der Waals surface area (Å²) in [5.74, 6) is 3.42. The smallest absolute Gasteiger partial charge is 0.192 e. The molecule has 0 spiro atoms. The van der Waals surface area contributed by atoms with Gasteiger partial charge in [0.25, 0.3) is 0 Å². The van der Waals surface area contributed by atoms with Gasteiger partial charge in [-0.05, 0) is 26.5 Å². The molecule has 3 rings (SSSR count). The van der Waals surface area contributed by atoms with Gasteiger partial charge >= 0.3 is 0 Å². The number of fused-ring (bicyclic) bond motifs is 1. The summed E-state index contributed by atoms with van der Waals surface area (Å²) in [6, 6.07) is 8.33. The van der Waals surface area contributed by atoms with Crippen LogP contribution in [-0.4, -0.2) is 72.6 Å². The first-order chi connectivity index (χ1) is 15.1. The number of halogens is 1. The van der Waals surface area contributed by atoms with Crippen molar-refractivity contribution >= 4 is 29.9 Å². The molecule has 1 aromatic carbocycles. The molecule has 0 radical (unpaired) electrons. The molecule has 0 bridgehead atoms. The Morgan fingerprint density at radius 1 is 1.31 bits per heavy atom. The Kier molecular flexibility index (Phi) is 11.2. The van der Waals surface area contributed by atoms with Crippen molar-refractivity contribution in [1.82, 2.24) is 30.3 Å². The zero-order valence-corrected chi connectivity index (χ0v) is 21.8. The average Bonchev–Trinajstić information content (AvgIpc) is 3.10. The highest BCUT2D eigenvalue weighted by Gasteiger charge is 2.22. The zero-order chi connectivity index (χ0) is 22.1. The molecule has 10 heteroatoms. The summed E-state index contributed by atoms with van der Waals surface area (Å²) in [6.07, 6.45) is 1.91. The molecule has 0 saturated carbocycles. The molecular formula is C22H36IN7O2. The van der Waals surface area contributed by atoms with Crippen LogP contribution in [0, 0.1) is 6.92 Å². The number of para-hydroxylation sites is 1. The van der Waals surface area contributed by atoms with Crippen molar-refractivity contribution in [2.45, 2.75) is 32.4 Å². The number of nitrogens with zero attached hydrogens (tertiary/aromatic N) is 5. The first-order valence-electron chi connectivity index (χ1n) is 10.9.